The molecule has 1 aliphatic heterocycles. The molecule has 23 heavy (non-hydrogen) atoms. The van der Waals surface area contributed by atoms with Gasteiger partial charge < -0.3 is 15.3 Å². The molecule has 8 heteroatoms. The number of amides is 1. The van der Waals surface area contributed by atoms with E-state index < -0.39 is 12.1 Å². The molecule has 1 fully saturated rings. The maximum Gasteiger partial charge on any atom is 0.243 e. The van der Waals surface area contributed by atoms with Crippen LogP contribution in [0.4, 0.5) is 5.82 Å². The Morgan fingerprint density at radius 2 is 2.26 bits per heavy atom. The van der Waals surface area contributed by atoms with Crippen molar-refractivity contribution in [2.45, 2.75) is 25.1 Å². The van der Waals surface area contributed by atoms with Gasteiger partial charge in [-0.25, -0.2) is 9.97 Å². The fraction of sp³-hybridized carbons (Fsp3) is 0.333. The number of nitrogens with zero attached hydrogens (tertiary/aromatic N) is 4. The number of aliphatic hydroxyl groups is 1. The number of nitrogens with one attached hydrogen (secondary N) is 1. The van der Waals surface area contributed by atoms with Gasteiger partial charge in [-0.15, -0.1) is 0 Å². The number of halogens is 1. The lowest BCUT2D eigenvalue weighted by molar-refractivity contribution is -0.122. The van der Waals surface area contributed by atoms with Gasteiger partial charge in [0.1, 0.15) is 18.2 Å². The predicted octanol–water partition coefficient (Wildman–Crippen LogP) is 0.781. The summed E-state index contributed by atoms with van der Waals surface area (Å²) in [5.74, 6) is 0.457. The number of hydrogen-bond acceptors (Lipinski definition) is 6. The van der Waals surface area contributed by atoms with E-state index in [0.29, 0.717) is 30.4 Å². The Morgan fingerprint density at radius 3 is 2.96 bits per heavy atom. The first kappa shape index (κ1) is 15.6. The highest BCUT2D eigenvalue weighted by molar-refractivity contribution is 6.30. The topological polar surface area (TPSA) is 91.2 Å². The van der Waals surface area contributed by atoms with Crippen LogP contribution in [0, 0.1) is 0 Å². The van der Waals surface area contributed by atoms with Gasteiger partial charge in [-0.2, -0.15) is 0 Å². The quantitative estimate of drug-likeness (QED) is 0.859. The molecule has 120 valence electrons. The second-order valence-electron chi connectivity index (χ2n) is 5.31. The summed E-state index contributed by atoms with van der Waals surface area (Å²) in [6.45, 7) is 0.675. The van der Waals surface area contributed by atoms with Gasteiger partial charge in [0.25, 0.3) is 0 Å². The van der Waals surface area contributed by atoms with E-state index in [1.807, 2.05) is 0 Å². The highest BCUT2D eigenvalue weighted by atomic mass is 35.5. The van der Waals surface area contributed by atoms with Crippen molar-refractivity contribution in [3.8, 4) is 0 Å². The van der Waals surface area contributed by atoms with Crippen LogP contribution >= 0.6 is 11.6 Å². The number of β-amino-alcohol motifs (C(OH)–C–C–N with tert-alkyl or cyclic N) is 1. The van der Waals surface area contributed by atoms with Crippen LogP contribution in [0.5, 0.6) is 0 Å². The van der Waals surface area contributed by atoms with E-state index in [4.69, 9.17) is 11.6 Å². The van der Waals surface area contributed by atoms with Crippen LogP contribution in [-0.2, 0) is 11.3 Å². The van der Waals surface area contributed by atoms with Crippen LogP contribution in [0.1, 0.15) is 12.1 Å². The summed E-state index contributed by atoms with van der Waals surface area (Å²) in [7, 11) is 0. The molecular weight excluding hydrogens is 318 g/mol. The first-order chi connectivity index (χ1) is 11.1. The van der Waals surface area contributed by atoms with Crippen molar-refractivity contribution in [1.29, 1.82) is 0 Å². The number of rotatable bonds is 4. The largest absolute Gasteiger partial charge is 0.391 e. The molecular formula is C15H16ClN5O2. The second-order valence-corrected chi connectivity index (χ2v) is 5.75. The van der Waals surface area contributed by atoms with Gasteiger partial charge in [0.15, 0.2) is 0 Å². The third-order valence-corrected chi connectivity index (χ3v) is 3.90. The summed E-state index contributed by atoms with van der Waals surface area (Å²) >= 11 is 5.78. The van der Waals surface area contributed by atoms with Crippen molar-refractivity contribution >= 4 is 23.3 Å². The van der Waals surface area contributed by atoms with Crippen molar-refractivity contribution < 1.29 is 9.90 Å². The number of carbonyl (C=O) groups excluding carboxylic acids is 1. The normalized spacial score (nSPS) is 20.5. The molecule has 7 nitrogen and oxygen atoms in total. The molecule has 0 bridgehead atoms. The van der Waals surface area contributed by atoms with E-state index in [1.165, 1.54) is 12.5 Å². The van der Waals surface area contributed by atoms with Crippen LogP contribution in [0.2, 0.25) is 5.02 Å². The molecule has 2 aromatic heterocycles. The van der Waals surface area contributed by atoms with Gasteiger partial charge in [0.2, 0.25) is 5.91 Å². The molecule has 1 aliphatic rings. The molecule has 2 N–H and O–H groups in total. The summed E-state index contributed by atoms with van der Waals surface area (Å²) in [6, 6.07) is 4.74. The first-order valence-corrected chi connectivity index (χ1v) is 7.60. The van der Waals surface area contributed by atoms with E-state index in [1.54, 1.807) is 29.3 Å². The minimum absolute atomic E-state index is 0.170. The van der Waals surface area contributed by atoms with E-state index in [0.717, 1.165) is 5.69 Å². The Hall–Kier alpha value is -2.25. The zero-order chi connectivity index (χ0) is 16.2. The SMILES string of the molecule is O=C(NCc1ccc(Cl)cn1)C1CC(O)CN1c1ccncn1. The molecule has 3 rings (SSSR count). The molecule has 0 radical (unpaired) electrons. The lowest BCUT2D eigenvalue weighted by atomic mass is 10.2. The summed E-state index contributed by atoms with van der Waals surface area (Å²) in [6.07, 6.45) is 4.38. The van der Waals surface area contributed by atoms with Crippen molar-refractivity contribution in [2.75, 3.05) is 11.4 Å². The molecule has 2 aromatic rings. The zero-order valence-electron chi connectivity index (χ0n) is 12.3. The summed E-state index contributed by atoms with van der Waals surface area (Å²) < 4.78 is 0. The fourth-order valence-corrected chi connectivity index (χ4v) is 2.69. The number of aromatic nitrogens is 3. The molecule has 0 aliphatic carbocycles. The molecule has 2 unspecified atom stereocenters. The molecule has 0 saturated carbocycles. The van der Waals surface area contributed by atoms with Gasteiger partial charge in [-0.05, 0) is 18.2 Å². The molecule has 0 aromatic carbocycles. The minimum atomic E-state index is -0.561. The number of hydrogen-bond donors (Lipinski definition) is 2. The average Bonchev–Trinajstić information content (AvgIpc) is 2.97. The maximum atomic E-state index is 12.5. The maximum absolute atomic E-state index is 12.5. The summed E-state index contributed by atoms with van der Waals surface area (Å²) in [5, 5.41) is 13.3. The number of pyridine rings is 1. The Kier molecular flexibility index (Phi) is 4.68. The Labute approximate surface area is 138 Å². The van der Waals surface area contributed by atoms with Gasteiger partial charge in [-0.1, -0.05) is 11.6 Å². The lowest BCUT2D eigenvalue weighted by Gasteiger charge is -2.24. The Balaban J connectivity index is 1.66. The second kappa shape index (κ2) is 6.89. The average molecular weight is 334 g/mol. The monoisotopic (exact) mass is 333 g/mol. The molecule has 3 heterocycles. The van der Waals surface area contributed by atoms with Crippen LogP contribution in [-0.4, -0.2) is 44.7 Å². The molecule has 1 amide bonds. The van der Waals surface area contributed by atoms with Crippen LogP contribution in [0.25, 0.3) is 0 Å². The third-order valence-electron chi connectivity index (χ3n) is 3.67. The molecule has 1 saturated heterocycles. The summed E-state index contributed by atoms with van der Waals surface area (Å²) in [4.78, 5) is 26.4. The van der Waals surface area contributed by atoms with Gasteiger partial charge in [0.05, 0.1) is 23.4 Å². The summed E-state index contributed by atoms with van der Waals surface area (Å²) in [5.41, 5.74) is 0.717. The van der Waals surface area contributed by atoms with E-state index in [9.17, 15) is 9.90 Å². The predicted molar refractivity (Wildman–Crippen MR) is 84.9 cm³/mol. The van der Waals surface area contributed by atoms with Crippen molar-refractivity contribution in [3.63, 3.8) is 0 Å². The van der Waals surface area contributed by atoms with Gasteiger partial charge >= 0.3 is 0 Å². The van der Waals surface area contributed by atoms with Crippen LogP contribution in [0.15, 0.2) is 36.9 Å². The number of carbonyl (C=O) groups is 1. The van der Waals surface area contributed by atoms with Crippen molar-refractivity contribution in [2.24, 2.45) is 0 Å². The van der Waals surface area contributed by atoms with E-state index >= 15 is 0 Å². The molecule has 2 atom stereocenters. The smallest absolute Gasteiger partial charge is 0.243 e. The van der Waals surface area contributed by atoms with Crippen LogP contribution in [0.3, 0.4) is 0 Å². The molecule has 0 spiro atoms. The first-order valence-electron chi connectivity index (χ1n) is 7.22. The Bertz CT molecular complexity index is 667. The van der Waals surface area contributed by atoms with Crippen molar-refractivity contribution in [1.82, 2.24) is 20.3 Å². The minimum Gasteiger partial charge on any atom is -0.391 e. The lowest BCUT2D eigenvalue weighted by Crippen LogP contribution is -2.43. The third kappa shape index (κ3) is 3.75. The van der Waals surface area contributed by atoms with Crippen LogP contribution < -0.4 is 10.2 Å². The highest BCUT2D eigenvalue weighted by Gasteiger charge is 2.36. The zero-order valence-corrected chi connectivity index (χ0v) is 13.0. The van der Waals surface area contributed by atoms with Gasteiger partial charge in [0, 0.05) is 25.4 Å². The fourth-order valence-electron chi connectivity index (χ4n) is 2.58. The van der Waals surface area contributed by atoms with Gasteiger partial charge in [-0.3, -0.25) is 9.78 Å². The van der Waals surface area contributed by atoms with Crippen molar-refractivity contribution in [3.05, 3.63) is 47.6 Å². The highest BCUT2D eigenvalue weighted by Crippen LogP contribution is 2.23. The number of anilines is 1. The Morgan fingerprint density at radius 1 is 1.39 bits per heavy atom. The standard InChI is InChI=1S/C15H16ClN5O2/c16-10-1-2-11(18-6-10)7-19-15(23)13-5-12(22)8-21(13)14-3-4-17-9-20-14/h1-4,6,9,12-13,22H,5,7-8H2,(H,19,23). The van der Waals surface area contributed by atoms with E-state index in [2.05, 4.69) is 20.3 Å². The van der Waals surface area contributed by atoms with E-state index in [-0.39, 0.29) is 5.91 Å². The number of aliphatic hydroxyl groups excluding tert-OH is 1.